The fourth-order valence-electron chi connectivity index (χ4n) is 3.20. The Bertz CT molecular complexity index is 1060. The number of carbonyl (C=O) groups is 5. The van der Waals surface area contributed by atoms with E-state index in [1.165, 1.54) is 0 Å². The number of carbonyl (C=O) groups excluding carboxylic acids is 3. The molecule has 2 rings (SSSR count). The molecule has 11 nitrogen and oxygen atoms in total. The van der Waals surface area contributed by atoms with E-state index >= 15 is 0 Å². The Hall–Kier alpha value is -3.99. The van der Waals surface area contributed by atoms with Crippen LogP contribution in [-0.2, 0) is 30.4 Å². The number of carboxylic acid groups (broad SMARTS) is 2. The summed E-state index contributed by atoms with van der Waals surface area (Å²) in [5.41, 5.74) is 11.9. The number of carboxylic acids is 2. The van der Waals surface area contributed by atoms with Crippen LogP contribution in [0.15, 0.2) is 42.5 Å². The van der Waals surface area contributed by atoms with Gasteiger partial charge < -0.3 is 32.3 Å². The quantitative estimate of drug-likeness (QED) is 0.244. The van der Waals surface area contributed by atoms with E-state index in [1.54, 1.807) is 0 Å². The fraction of sp³-hybridized carbons (Fsp3) is 0.318. The Morgan fingerprint density at radius 2 is 1.52 bits per heavy atom. The molecule has 8 N–H and O–H groups in total. The van der Waals surface area contributed by atoms with E-state index in [0.29, 0.717) is 0 Å². The molecule has 0 heterocycles. The van der Waals surface area contributed by atoms with Gasteiger partial charge in [0.2, 0.25) is 17.7 Å². The Labute approximate surface area is 189 Å². The molecule has 0 aliphatic rings. The molecule has 0 fully saturated rings. The Morgan fingerprint density at radius 3 is 2.12 bits per heavy atom. The van der Waals surface area contributed by atoms with Crippen LogP contribution < -0.4 is 22.1 Å². The van der Waals surface area contributed by atoms with Gasteiger partial charge in [-0.05, 0) is 29.2 Å². The van der Waals surface area contributed by atoms with Crippen LogP contribution >= 0.6 is 0 Å². The number of nitrogens with one attached hydrogen (secondary N) is 2. The molecular weight excluding hydrogens is 432 g/mol. The highest BCUT2D eigenvalue weighted by Gasteiger charge is 2.29. The molecule has 0 aliphatic carbocycles. The third-order valence-electron chi connectivity index (χ3n) is 4.91. The molecule has 0 saturated heterocycles. The molecule has 0 unspecified atom stereocenters. The first-order chi connectivity index (χ1) is 15.6. The van der Waals surface area contributed by atoms with Crippen molar-refractivity contribution in [3.05, 3.63) is 48.0 Å². The standard InChI is InChI=1S/C22H26N4O7/c23-15(10-12-5-6-13-3-1-2-4-14(13)9-12)20(30)26-17(11-18(24)27)21(31)25-16(22(32)33)7-8-19(28)29/h1-6,9,15-17H,7-8,10-11,23H2,(H2,24,27)(H,25,31)(H,26,30)(H,28,29)(H,32,33)/t15-,16+,17+/m0/s1. The van der Waals surface area contributed by atoms with Gasteiger partial charge in [-0.15, -0.1) is 0 Å². The van der Waals surface area contributed by atoms with Crippen molar-refractivity contribution in [2.24, 2.45) is 11.5 Å². The van der Waals surface area contributed by atoms with Gasteiger partial charge in [-0.2, -0.15) is 0 Å². The average molecular weight is 458 g/mol. The van der Waals surface area contributed by atoms with Gasteiger partial charge in [0.1, 0.15) is 12.1 Å². The third-order valence-corrected chi connectivity index (χ3v) is 4.91. The number of fused-ring (bicyclic) bond motifs is 1. The Kier molecular flexibility index (Phi) is 8.87. The highest BCUT2D eigenvalue weighted by atomic mass is 16.4. The summed E-state index contributed by atoms with van der Waals surface area (Å²) in [7, 11) is 0. The van der Waals surface area contributed by atoms with Gasteiger partial charge in [0.15, 0.2) is 0 Å². The normalized spacial score (nSPS) is 13.5. The second-order valence-electron chi connectivity index (χ2n) is 7.56. The van der Waals surface area contributed by atoms with E-state index in [9.17, 15) is 29.1 Å². The van der Waals surface area contributed by atoms with E-state index < -0.39 is 60.6 Å². The maximum atomic E-state index is 12.6. The predicted molar refractivity (Wildman–Crippen MR) is 118 cm³/mol. The molecule has 176 valence electrons. The number of benzene rings is 2. The maximum Gasteiger partial charge on any atom is 0.326 e. The number of rotatable bonds is 12. The maximum absolute atomic E-state index is 12.6. The number of hydrogen-bond donors (Lipinski definition) is 6. The Morgan fingerprint density at radius 1 is 0.879 bits per heavy atom. The van der Waals surface area contributed by atoms with E-state index in [-0.39, 0.29) is 12.8 Å². The lowest BCUT2D eigenvalue weighted by Gasteiger charge is -2.22. The smallest absolute Gasteiger partial charge is 0.326 e. The summed E-state index contributed by atoms with van der Waals surface area (Å²) < 4.78 is 0. The van der Waals surface area contributed by atoms with Crippen LogP contribution in [0, 0.1) is 0 Å². The first kappa shape index (κ1) is 25.3. The molecule has 3 amide bonds. The van der Waals surface area contributed by atoms with Gasteiger partial charge >= 0.3 is 11.9 Å². The minimum atomic E-state index is -1.52. The summed E-state index contributed by atoms with van der Waals surface area (Å²) in [6.07, 6.45) is -1.32. The van der Waals surface area contributed by atoms with Crippen LogP contribution in [0.2, 0.25) is 0 Å². The van der Waals surface area contributed by atoms with E-state index in [0.717, 1.165) is 16.3 Å². The number of primary amides is 1. The van der Waals surface area contributed by atoms with Gasteiger partial charge in [0.25, 0.3) is 0 Å². The van der Waals surface area contributed by atoms with Gasteiger partial charge in [0.05, 0.1) is 12.5 Å². The van der Waals surface area contributed by atoms with Crippen molar-refractivity contribution in [2.75, 3.05) is 0 Å². The van der Waals surface area contributed by atoms with E-state index in [2.05, 4.69) is 10.6 Å². The van der Waals surface area contributed by atoms with Crippen LogP contribution in [0.5, 0.6) is 0 Å². The number of hydrogen-bond acceptors (Lipinski definition) is 6. The van der Waals surface area contributed by atoms with Crippen LogP contribution in [-0.4, -0.2) is 58.0 Å². The molecule has 2 aromatic carbocycles. The molecule has 0 aromatic heterocycles. The van der Waals surface area contributed by atoms with Crippen molar-refractivity contribution in [3.63, 3.8) is 0 Å². The molecule has 0 radical (unpaired) electrons. The average Bonchev–Trinajstić information content (AvgIpc) is 2.75. The van der Waals surface area contributed by atoms with Crippen molar-refractivity contribution in [3.8, 4) is 0 Å². The summed E-state index contributed by atoms with van der Waals surface area (Å²) in [4.78, 5) is 58.5. The third kappa shape index (κ3) is 7.89. The van der Waals surface area contributed by atoms with Crippen molar-refractivity contribution < 1.29 is 34.2 Å². The van der Waals surface area contributed by atoms with Crippen LogP contribution in [0.1, 0.15) is 24.8 Å². The summed E-state index contributed by atoms with van der Waals surface area (Å²) in [6.45, 7) is 0. The minimum absolute atomic E-state index is 0.151. The number of nitrogens with two attached hydrogens (primary N) is 2. The van der Waals surface area contributed by atoms with Crippen LogP contribution in [0.4, 0.5) is 0 Å². The van der Waals surface area contributed by atoms with Crippen molar-refractivity contribution >= 4 is 40.4 Å². The van der Waals surface area contributed by atoms with E-state index in [4.69, 9.17) is 16.6 Å². The predicted octanol–water partition coefficient (Wildman–Crippen LogP) is -0.496. The minimum Gasteiger partial charge on any atom is -0.481 e. The van der Waals surface area contributed by atoms with Gasteiger partial charge in [-0.1, -0.05) is 42.5 Å². The molecule has 0 saturated carbocycles. The number of amides is 3. The first-order valence-corrected chi connectivity index (χ1v) is 10.1. The molecule has 0 spiro atoms. The van der Waals surface area contributed by atoms with E-state index in [1.807, 2.05) is 42.5 Å². The first-order valence-electron chi connectivity index (χ1n) is 10.1. The highest BCUT2D eigenvalue weighted by Crippen LogP contribution is 2.16. The summed E-state index contributed by atoms with van der Waals surface area (Å²) >= 11 is 0. The zero-order valence-electron chi connectivity index (χ0n) is 17.7. The lowest BCUT2D eigenvalue weighted by molar-refractivity contribution is -0.143. The molecular formula is C22H26N4O7. The fourth-order valence-corrected chi connectivity index (χ4v) is 3.20. The van der Waals surface area contributed by atoms with Gasteiger partial charge in [-0.3, -0.25) is 19.2 Å². The monoisotopic (exact) mass is 458 g/mol. The largest absolute Gasteiger partial charge is 0.481 e. The lowest BCUT2D eigenvalue weighted by atomic mass is 10.0. The highest BCUT2D eigenvalue weighted by molar-refractivity contribution is 5.94. The van der Waals surface area contributed by atoms with Gasteiger partial charge in [-0.25, -0.2) is 4.79 Å². The summed E-state index contributed by atoms with van der Waals surface area (Å²) in [5, 5.41) is 24.4. The zero-order valence-corrected chi connectivity index (χ0v) is 17.7. The van der Waals surface area contributed by atoms with Crippen LogP contribution in [0.25, 0.3) is 10.8 Å². The second-order valence-corrected chi connectivity index (χ2v) is 7.56. The van der Waals surface area contributed by atoms with Crippen LogP contribution in [0.3, 0.4) is 0 Å². The summed E-state index contributed by atoms with van der Waals surface area (Å²) in [5.74, 6) is -5.32. The van der Waals surface area contributed by atoms with Crippen molar-refractivity contribution in [1.82, 2.24) is 10.6 Å². The molecule has 2 aromatic rings. The number of aliphatic carboxylic acids is 2. The molecule has 11 heteroatoms. The second kappa shape index (κ2) is 11.6. The zero-order chi connectivity index (χ0) is 24.5. The SMILES string of the molecule is NC(=O)C[C@@H](NC(=O)[C@@H](N)Cc1ccc2ccccc2c1)C(=O)N[C@H](CCC(=O)O)C(=O)O. The Balaban J connectivity index is 2.06. The van der Waals surface area contributed by atoms with Crippen molar-refractivity contribution in [2.45, 2.75) is 43.8 Å². The molecule has 0 bridgehead atoms. The molecule has 3 atom stereocenters. The van der Waals surface area contributed by atoms with Gasteiger partial charge in [0, 0.05) is 6.42 Å². The lowest BCUT2D eigenvalue weighted by Crippen LogP contribution is -2.55. The summed E-state index contributed by atoms with van der Waals surface area (Å²) in [6, 6.07) is 9.20. The molecule has 33 heavy (non-hydrogen) atoms. The van der Waals surface area contributed by atoms with Crippen molar-refractivity contribution in [1.29, 1.82) is 0 Å². The topological polar surface area (TPSA) is 202 Å². The molecule has 0 aliphatic heterocycles.